The minimum Gasteiger partial charge on any atom is -0.496 e. The SMILES string of the molecule is COc1ccccc1-c1[nH]c2ccc(Cl)cc2c(=O)c1C(=O)O. The van der Waals surface area contributed by atoms with E-state index >= 15 is 0 Å². The second-order valence-corrected chi connectivity index (χ2v) is 5.34. The highest BCUT2D eigenvalue weighted by Crippen LogP contribution is 2.31. The van der Waals surface area contributed by atoms with Crippen LogP contribution in [0.1, 0.15) is 10.4 Å². The molecular weight excluding hydrogens is 318 g/mol. The second-order valence-electron chi connectivity index (χ2n) is 4.90. The number of aromatic nitrogens is 1. The lowest BCUT2D eigenvalue weighted by atomic mass is 10.0. The number of carboxylic acid groups (broad SMARTS) is 1. The van der Waals surface area contributed by atoms with Crippen molar-refractivity contribution in [2.45, 2.75) is 0 Å². The van der Waals surface area contributed by atoms with Gasteiger partial charge in [0.25, 0.3) is 0 Å². The van der Waals surface area contributed by atoms with Gasteiger partial charge < -0.3 is 14.8 Å². The van der Waals surface area contributed by atoms with Crippen molar-refractivity contribution in [2.24, 2.45) is 0 Å². The first-order valence-corrected chi connectivity index (χ1v) is 7.13. The Bertz CT molecular complexity index is 978. The fourth-order valence-corrected chi connectivity index (χ4v) is 2.69. The fraction of sp³-hybridized carbons (Fsp3) is 0.0588. The first-order chi connectivity index (χ1) is 11.0. The highest BCUT2D eigenvalue weighted by molar-refractivity contribution is 6.31. The van der Waals surface area contributed by atoms with Crippen LogP contribution in [0.25, 0.3) is 22.2 Å². The van der Waals surface area contributed by atoms with Gasteiger partial charge in [0.2, 0.25) is 5.43 Å². The lowest BCUT2D eigenvalue weighted by Gasteiger charge is -2.12. The third-order valence-corrected chi connectivity index (χ3v) is 3.79. The summed E-state index contributed by atoms with van der Waals surface area (Å²) in [5.74, 6) is -0.840. The zero-order valence-corrected chi connectivity index (χ0v) is 12.8. The molecule has 1 aromatic heterocycles. The maximum atomic E-state index is 12.6. The van der Waals surface area contributed by atoms with E-state index < -0.39 is 11.4 Å². The highest BCUT2D eigenvalue weighted by atomic mass is 35.5. The number of carboxylic acids is 1. The van der Waals surface area contributed by atoms with Crippen LogP contribution in [0.4, 0.5) is 0 Å². The summed E-state index contributed by atoms with van der Waals surface area (Å²) in [5, 5.41) is 10.1. The zero-order chi connectivity index (χ0) is 16.6. The van der Waals surface area contributed by atoms with Crippen molar-refractivity contribution in [3.8, 4) is 17.0 Å². The summed E-state index contributed by atoms with van der Waals surface area (Å²) in [7, 11) is 1.48. The standard InChI is InChI=1S/C17H12ClNO4/c1-23-13-5-3-2-4-10(13)15-14(17(21)22)16(20)11-8-9(18)6-7-12(11)19-15/h2-8H,1H3,(H,19,20)(H,21,22). The topological polar surface area (TPSA) is 79.4 Å². The Hall–Kier alpha value is -2.79. The Morgan fingerprint density at radius 1 is 1.22 bits per heavy atom. The van der Waals surface area contributed by atoms with Crippen molar-refractivity contribution in [1.29, 1.82) is 0 Å². The number of methoxy groups -OCH3 is 1. The van der Waals surface area contributed by atoms with Gasteiger partial charge in [-0.25, -0.2) is 4.79 Å². The molecule has 0 fully saturated rings. The van der Waals surface area contributed by atoms with Gasteiger partial charge in [-0.3, -0.25) is 4.79 Å². The van der Waals surface area contributed by atoms with Gasteiger partial charge in [0.1, 0.15) is 11.3 Å². The van der Waals surface area contributed by atoms with Crippen LogP contribution in [-0.4, -0.2) is 23.2 Å². The van der Waals surface area contributed by atoms with E-state index in [1.165, 1.54) is 13.2 Å². The van der Waals surface area contributed by atoms with Crippen molar-refractivity contribution >= 4 is 28.5 Å². The molecule has 0 unspecified atom stereocenters. The number of H-pyrrole nitrogens is 1. The second kappa shape index (κ2) is 5.78. The summed E-state index contributed by atoms with van der Waals surface area (Å²) in [4.78, 5) is 27.3. The molecule has 0 aliphatic heterocycles. The van der Waals surface area contributed by atoms with Crippen LogP contribution in [0.3, 0.4) is 0 Å². The van der Waals surface area contributed by atoms with Crippen molar-refractivity contribution in [2.75, 3.05) is 7.11 Å². The van der Waals surface area contributed by atoms with Crippen LogP contribution in [-0.2, 0) is 0 Å². The first kappa shape index (κ1) is 15.1. The van der Waals surface area contributed by atoms with Crippen LogP contribution in [0.2, 0.25) is 5.02 Å². The summed E-state index contributed by atoms with van der Waals surface area (Å²) in [5.41, 5.74) is 0.278. The summed E-state index contributed by atoms with van der Waals surface area (Å²) in [6.07, 6.45) is 0. The van der Waals surface area contributed by atoms with Gasteiger partial charge in [-0.2, -0.15) is 0 Å². The monoisotopic (exact) mass is 329 g/mol. The normalized spacial score (nSPS) is 10.7. The molecule has 116 valence electrons. The minimum atomic E-state index is -1.31. The molecule has 3 aromatic rings. The molecule has 0 amide bonds. The highest BCUT2D eigenvalue weighted by Gasteiger charge is 2.21. The number of nitrogens with one attached hydrogen (secondary N) is 1. The van der Waals surface area contributed by atoms with E-state index in [-0.39, 0.29) is 16.6 Å². The molecule has 2 aromatic carbocycles. The van der Waals surface area contributed by atoms with E-state index in [0.29, 0.717) is 21.9 Å². The molecule has 0 saturated carbocycles. The van der Waals surface area contributed by atoms with Gasteiger partial charge in [0, 0.05) is 21.5 Å². The lowest BCUT2D eigenvalue weighted by Crippen LogP contribution is -2.18. The average molecular weight is 330 g/mol. The number of aromatic carboxylic acids is 1. The maximum Gasteiger partial charge on any atom is 0.341 e. The molecule has 23 heavy (non-hydrogen) atoms. The molecule has 0 aliphatic rings. The van der Waals surface area contributed by atoms with Gasteiger partial charge in [-0.1, -0.05) is 23.7 Å². The van der Waals surface area contributed by atoms with E-state index in [0.717, 1.165) is 0 Å². The molecular formula is C17H12ClNO4. The molecule has 0 radical (unpaired) electrons. The molecule has 0 bridgehead atoms. The van der Waals surface area contributed by atoms with E-state index in [4.69, 9.17) is 16.3 Å². The molecule has 0 spiro atoms. The number of halogens is 1. The summed E-state index contributed by atoms with van der Waals surface area (Å²) >= 11 is 5.91. The van der Waals surface area contributed by atoms with Crippen LogP contribution in [0.15, 0.2) is 47.3 Å². The number of hydrogen-bond donors (Lipinski definition) is 2. The maximum absolute atomic E-state index is 12.6. The number of hydrogen-bond acceptors (Lipinski definition) is 3. The Morgan fingerprint density at radius 3 is 2.65 bits per heavy atom. The van der Waals surface area contributed by atoms with Crippen molar-refractivity contribution in [3.63, 3.8) is 0 Å². The molecule has 2 N–H and O–H groups in total. The molecule has 6 heteroatoms. The number of rotatable bonds is 3. The summed E-state index contributed by atoms with van der Waals surface area (Å²) in [6, 6.07) is 11.6. The van der Waals surface area contributed by atoms with Crippen molar-refractivity contribution in [1.82, 2.24) is 4.98 Å². The summed E-state index contributed by atoms with van der Waals surface area (Å²) in [6.45, 7) is 0. The molecule has 0 atom stereocenters. The molecule has 1 heterocycles. The Labute approximate surface area is 136 Å². The number of carbonyl (C=O) groups is 1. The quantitative estimate of drug-likeness (QED) is 0.770. The van der Waals surface area contributed by atoms with Crippen LogP contribution in [0.5, 0.6) is 5.75 Å². The number of benzene rings is 2. The van der Waals surface area contributed by atoms with Gasteiger partial charge >= 0.3 is 5.97 Å². The van der Waals surface area contributed by atoms with Crippen LogP contribution >= 0.6 is 11.6 Å². The summed E-state index contributed by atoms with van der Waals surface area (Å²) < 4.78 is 5.27. The molecule has 5 nitrogen and oxygen atoms in total. The lowest BCUT2D eigenvalue weighted by molar-refractivity contribution is 0.0696. The van der Waals surface area contributed by atoms with Crippen LogP contribution in [0, 0.1) is 0 Å². The minimum absolute atomic E-state index is 0.203. The van der Waals surface area contributed by atoms with E-state index in [9.17, 15) is 14.7 Å². The van der Waals surface area contributed by atoms with Crippen molar-refractivity contribution in [3.05, 3.63) is 63.3 Å². The molecule has 3 rings (SSSR count). The molecule has 0 saturated heterocycles. The zero-order valence-electron chi connectivity index (χ0n) is 12.1. The number of para-hydroxylation sites is 1. The van der Waals surface area contributed by atoms with E-state index in [1.54, 1.807) is 36.4 Å². The van der Waals surface area contributed by atoms with Crippen LogP contribution < -0.4 is 10.2 Å². The number of aromatic amines is 1. The number of pyridine rings is 1. The molecule has 0 aliphatic carbocycles. The third-order valence-electron chi connectivity index (χ3n) is 3.55. The predicted molar refractivity (Wildman–Crippen MR) is 88.5 cm³/mol. The first-order valence-electron chi connectivity index (χ1n) is 6.75. The smallest absolute Gasteiger partial charge is 0.341 e. The number of fused-ring (bicyclic) bond motifs is 1. The fourth-order valence-electron chi connectivity index (χ4n) is 2.52. The average Bonchev–Trinajstić information content (AvgIpc) is 2.54. The Balaban J connectivity index is 2.45. The predicted octanol–water partition coefficient (Wildman–Crippen LogP) is 3.56. The Morgan fingerprint density at radius 2 is 1.96 bits per heavy atom. The number of ether oxygens (including phenoxy) is 1. The largest absolute Gasteiger partial charge is 0.496 e. The van der Waals surface area contributed by atoms with Gasteiger partial charge in [-0.15, -0.1) is 0 Å². The van der Waals surface area contributed by atoms with E-state index in [1.807, 2.05) is 0 Å². The third kappa shape index (κ3) is 2.55. The van der Waals surface area contributed by atoms with Gasteiger partial charge in [-0.05, 0) is 30.3 Å². The van der Waals surface area contributed by atoms with Gasteiger partial charge in [0.15, 0.2) is 0 Å². The van der Waals surface area contributed by atoms with E-state index in [2.05, 4.69) is 4.98 Å². The van der Waals surface area contributed by atoms with Gasteiger partial charge in [0.05, 0.1) is 12.8 Å². The van der Waals surface area contributed by atoms with Crippen molar-refractivity contribution < 1.29 is 14.6 Å². The Kier molecular flexibility index (Phi) is 3.80.